The second-order valence-corrected chi connectivity index (χ2v) is 12.3. The van der Waals surface area contributed by atoms with Crippen LogP contribution < -0.4 is 21.3 Å². The summed E-state index contributed by atoms with van der Waals surface area (Å²) in [5.74, 6) is -0.994. The number of hydrogen-bond acceptors (Lipinski definition) is 6. The average Bonchev–Trinajstić information content (AvgIpc) is 2.85. The highest BCUT2D eigenvalue weighted by Crippen LogP contribution is 2.15. The van der Waals surface area contributed by atoms with E-state index < -0.39 is 47.7 Å². The Balaban J connectivity index is 2.92. The molecule has 0 bridgehead atoms. The highest BCUT2D eigenvalue weighted by atomic mass is 16.6. The number of hydrogen-bond donors (Lipinski definition) is 5. The summed E-state index contributed by atoms with van der Waals surface area (Å²) in [7, 11) is 0. The lowest BCUT2D eigenvalue weighted by atomic mass is 9.94. The van der Waals surface area contributed by atoms with Gasteiger partial charge in [0.1, 0.15) is 17.7 Å². The van der Waals surface area contributed by atoms with Crippen LogP contribution in [0, 0.1) is 11.8 Å². The maximum absolute atomic E-state index is 13.2. The molecule has 0 aromatic heterocycles. The Morgan fingerprint density at radius 2 is 1.51 bits per heavy atom. The first-order valence-corrected chi connectivity index (χ1v) is 14.3. The van der Waals surface area contributed by atoms with Gasteiger partial charge in [-0.25, -0.2) is 4.79 Å². The average molecular weight is 575 g/mol. The van der Waals surface area contributed by atoms with Gasteiger partial charge < -0.3 is 31.1 Å². The normalized spacial score (nSPS) is 14.4. The molecule has 0 radical (unpaired) electrons. The predicted octanol–water partition coefficient (Wildman–Crippen LogP) is 3.24. The topological polar surface area (TPSA) is 146 Å². The summed E-state index contributed by atoms with van der Waals surface area (Å²) in [5.41, 5.74) is 0.288. The predicted molar refractivity (Wildman–Crippen MR) is 160 cm³/mol. The molecule has 4 amide bonds. The largest absolute Gasteiger partial charge is 0.444 e. The van der Waals surface area contributed by atoms with Gasteiger partial charge in [0.05, 0.1) is 12.1 Å². The van der Waals surface area contributed by atoms with Crippen LogP contribution in [0.2, 0.25) is 0 Å². The summed E-state index contributed by atoms with van der Waals surface area (Å²) in [6, 6.07) is 6.54. The van der Waals surface area contributed by atoms with E-state index in [1.54, 1.807) is 20.8 Å². The van der Waals surface area contributed by atoms with Crippen molar-refractivity contribution < 1.29 is 29.0 Å². The van der Waals surface area contributed by atoms with Gasteiger partial charge in [-0.05, 0) is 51.5 Å². The molecule has 0 fully saturated rings. The Hall–Kier alpha value is -3.40. The number of amides is 4. The Bertz CT molecular complexity index is 1020. The van der Waals surface area contributed by atoms with Gasteiger partial charge in [0, 0.05) is 25.0 Å². The molecule has 10 nitrogen and oxygen atoms in total. The molecule has 0 aliphatic rings. The Morgan fingerprint density at radius 3 is 2.05 bits per heavy atom. The first-order chi connectivity index (χ1) is 19.0. The van der Waals surface area contributed by atoms with Crippen molar-refractivity contribution in [3.8, 4) is 0 Å². The van der Waals surface area contributed by atoms with Gasteiger partial charge in [-0.3, -0.25) is 14.4 Å². The lowest BCUT2D eigenvalue weighted by Gasteiger charge is -2.28. The zero-order chi connectivity index (χ0) is 31.3. The van der Waals surface area contributed by atoms with Gasteiger partial charge >= 0.3 is 6.09 Å². The van der Waals surface area contributed by atoms with Gasteiger partial charge in [-0.2, -0.15) is 0 Å². The molecule has 41 heavy (non-hydrogen) atoms. The van der Waals surface area contributed by atoms with Gasteiger partial charge in [0.15, 0.2) is 0 Å². The van der Waals surface area contributed by atoms with E-state index in [1.165, 1.54) is 6.92 Å². The number of carbonyl (C=O) groups excluding carboxylic acids is 4. The molecule has 0 saturated carbocycles. The van der Waals surface area contributed by atoms with Crippen molar-refractivity contribution in [2.24, 2.45) is 11.8 Å². The fourth-order valence-corrected chi connectivity index (χ4v) is 3.93. The van der Waals surface area contributed by atoms with Crippen LogP contribution in [0.4, 0.5) is 4.79 Å². The molecular weight excluding hydrogens is 524 g/mol. The number of aliphatic hydroxyl groups is 1. The Morgan fingerprint density at radius 1 is 0.902 bits per heavy atom. The van der Waals surface area contributed by atoms with Crippen molar-refractivity contribution in [2.45, 2.75) is 104 Å². The molecule has 10 heteroatoms. The third-order valence-electron chi connectivity index (χ3n) is 6.01. The Labute approximate surface area is 245 Å². The minimum absolute atomic E-state index is 0.0126. The van der Waals surface area contributed by atoms with Gasteiger partial charge in [0.2, 0.25) is 17.7 Å². The summed E-state index contributed by atoms with van der Waals surface area (Å²) in [6.45, 7) is 18.8. The number of nitrogens with one attached hydrogen (secondary N) is 4. The number of rotatable bonds is 15. The summed E-state index contributed by atoms with van der Waals surface area (Å²) in [4.78, 5) is 51.1. The maximum atomic E-state index is 13.2. The highest BCUT2D eigenvalue weighted by Gasteiger charge is 2.30. The maximum Gasteiger partial charge on any atom is 0.408 e. The van der Waals surface area contributed by atoms with E-state index in [9.17, 15) is 24.3 Å². The minimum Gasteiger partial charge on any atom is -0.444 e. The van der Waals surface area contributed by atoms with Crippen LogP contribution in [0.25, 0.3) is 0 Å². The first-order valence-electron chi connectivity index (χ1n) is 14.3. The van der Waals surface area contributed by atoms with E-state index in [0.717, 1.165) is 5.56 Å². The highest BCUT2D eigenvalue weighted by molar-refractivity contribution is 5.93. The summed E-state index contributed by atoms with van der Waals surface area (Å²) < 4.78 is 5.33. The van der Waals surface area contributed by atoms with E-state index in [1.807, 2.05) is 58.0 Å². The second-order valence-electron chi connectivity index (χ2n) is 12.3. The third-order valence-corrected chi connectivity index (χ3v) is 6.01. The van der Waals surface area contributed by atoms with Gasteiger partial charge in [-0.1, -0.05) is 64.6 Å². The van der Waals surface area contributed by atoms with Crippen molar-refractivity contribution in [2.75, 3.05) is 6.54 Å². The monoisotopic (exact) mass is 574 g/mol. The first kappa shape index (κ1) is 35.6. The summed E-state index contributed by atoms with van der Waals surface area (Å²) in [6.07, 6.45) is -1.17. The van der Waals surface area contributed by atoms with Crippen molar-refractivity contribution in [1.29, 1.82) is 0 Å². The molecule has 0 saturated heterocycles. The fourth-order valence-electron chi connectivity index (χ4n) is 3.93. The smallest absolute Gasteiger partial charge is 0.408 e. The van der Waals surface area contributed by atoms with Crippen LogP contribution in [0.5, 0.6) is 0 Å². The van der Waals surface area contributed by atoms with E-state index in [4.69, 9.17) is 4.74 Å². The number of ether oxygens (including phenoxy) is 1. The summed E-state index contributed by atoms with van der Waals surface area (Å²) in [5, 5.41) is 21.8. The van der Waals surface area contributed by atoms with Gasteiger partial charge in [0.25, 0.3) is 0 Å². The SMILES string of the molecule is C=C(C[C@H](O)[C@H](CC(C)C)NC(=O)[C@H](C)NC(=O)[C@H](Cc1ccccc1)NC(=O)OC(C)(C)C)C(=O)NCC(C)C. The molecule has 0 unspecified atom stereocenters. The van der Waals surface area contributed by atoms with Crippen molar-refractivity contribution in [1.82, 2.24) is 21.3 Å². The zero-order valence-electron chi connectivity index (χ0n) is 25.9. The standard InChI is InChI=1S/C31H50N4O6/c1-19(2)15-24(26(36)16-21(5)27(37)32-18-20(3)4)34-28(38)22(6)33-29(39)25(17-23-13-11-10-12-14-23)35-30(40)41-31(7,8)9/h10-14,19-20,22,24-26,36H,5,15-18H2,1-4,6-9H3,(H,32,37)(H,33,39)(H,34,38)(H,35,40)/t22-,24-,25-,26-/m0/s1. The molecular formula is C31H50N4O6. The molecule has 4 atom stereocenters. The lowest BCUT2D eigenvalue weighted by Crippen LogP contribution is -2.56. The molecule has 0 heterocycles. The van der Waals surface area contributed by atoms with E-state index in [0.29, 0.717) is 13.0 Å². The lowest BCUT2D eigenvalue weighted by molar-refractivity contribution is -0.130. The number of carbonyl (C=O) groups is 4. The van der Waals surface area contributed by atoms with Crippen LogP contribution in [0.3, 0.4) is 0 Å². The molecule has 230 valence electrons. The van der Waals surface area contributed by atoms with E-state index >= 15 is 0 Å². The van der Waals surface area contributed by atoms with Crippen LogP contribution in [-0.2, 0) is 25.5 Å². The van der Waals surface area contributed by atoms with Crippen LogP contribution in [0.1, 0.15) is 73.8 Å². The quantitative estimate of drug-likeness (QED) is 0.203. The third kappa shape index (κ3) is 14.7. The minimum atomic E-state index is -1.05. The molecule has 0 aliphatic heterocycles. The molecule has 0 spiro atoms. The van der Waals surface area contributed by atoms with E-state index in [-0.39, 0.29) is 36.2 Å². The number of benzene rings is 1. The molecule has 0 aliphatic carbocycles. The number of alkyl carbamates (subject to hydrolysis) is 1. The van der Waals surface area contributed by atoms with Crippen LogP contribution >= 0.6 is 0 Å². The van der Waals surface area contributed by atoms with Crippen LogP contribution in [-0.4, -0.2) is 65.3 Å². The molecule has 5 N–H and O–H groups in total. The van der Waals surface area contributed by atoms with Gasteiger partial charge in [-0.15, -0.1) is 0 Å². The second kappa shape index (κ2) is 16.8. The van der Waals surface area contributed by atoms with E-state index in [2.05, 4.69) is 27.8 Å². The van der Waals surface area contributed by atoms with Crippen LogP contribution in [0.15, 0.2) is 42.5 Å². The summed E-state index contributed by atoms with van der Waals surface area (Å²) >= 11 is 0. The van der Waals surface area contributed by atoms with Crippen molar-refractivity contribution in [3.63, 3.8) is 0 Å². The van der Waals surface area contributed by atoms with Crippen molar-refractivity contribution >= 4 is 23.8 Å². The van der Waals surface area contributed by atoms with Crippen molar-refractivity contribution in [3.05, 3.63) is 48.0 Å². The Kier molecular flexibility index (Phi) is 14.6. The number of aliphatic hydroxyl groups excluding tert-OH is 1. The zero-order valence-corrected chi connectivity index (χ0v) is 25.9. The molecule has 1 aromatic carbocycles. The molecule has 1 rings (SSSR count). The molecule has 1 aromatic rings. The fraction of sp³-hybridized carbons (Fsp3) is 0.613.